The average Bonchev–Trinajstić information content (AvgIpc) is 1.61. The third-order valence-corrected chi connectivity index (χ3v) is 1.77. The molecule has 0 aromatic rings. The van der Waals surface area contributed by atoms with Gasteiger partial charge in [-0.3, -0.25) is 0 Å². The summed E-state index contributed by atoms with van der Waals surface area (Å²) in [4.78, 5) is 0. The van der Waals surface area contributed by atoms with E-state index >= 15 is 0 Å². The summed E-state index contributed by atoms with van der Waals surface area (Å²) in [5.74, 6) is 0. The summed E-state index contributed by atoms with van der Waals surface area (Å²) in [6.45, 7) is 3.47. The number of allylic oxidation sites excluding steroid dienone is 1. The van der Waals surface area contributed by atoms with Crippen LogP contribution in [0.5, 0.6) is 0 Å². The van der Waals surface area contributed by atoms with Crippen LogP contribution in [0.1, 0.15) is 6.42 Å². The Hall–Kier alpha value is 0.190. The van der Waals surface area contributed by atoms with Gasteiger partial charge >= 0.3 is 7.00 Å². The molecule has 0 spiro atoms. The number of thiol groups is 1. The van der Waals surface area contributed by atoms with Crippen molar-refractivity contribution in [1.29, 1.82) is 0 Å². The average molecular weight is 135 g/mol. The highest BCUT2D eigenvalue weighted by atomic mass is 32.7. The van der Waals surface area contributed by atoms with Crippen LogP contribution in [0.4, 0.5) is 0 Å². The van der Waals surface area contributed by atoms with E-state index < -0.39 is 7.00 Å². The largest absolute Gasteiger partial charge is 0.407 e. The Morgan fingerprint density at radius 2 is 2.43 bits per heavy atom. The maximum Gasteiger partial charge on any atom is 0.407 e. The second kappa shape index (κ2) is 4.35. The molecule has 0 radical (unpaired) electrons. The maximum atomic E-state index is 10.2. The summed E-state index contributed by atoms with van der Waals surface area (Å²) in [7, 11) is -1.23. The minimum absolute atomic E-state index is 0.655. The fourth-order valence-electron chi connectivity index (χ4n) is 0.202. The first-order valence-corrected chi connectivity index (χ1v) is 4.61. The highest BCUT2D eigenvalue weighted by molar-refractivity contribution is 8.40. The van der Waals surface area contributed by atoms with Crippen LogP contribution in [0.25, 0.3) is 0 Å². The molecule has 0 aromatic heterocycles. The predicted molar refractivity (Wildman–Crippen MR) is 36.3 cm³/mol. The lowest BCUT2D eigenvalue weighted by Crippen LogP contribution is -1.65. The smallest absolute Gasteiger partial charge is 0.103 e. The van der Waals surface area contributed by atoms with Gasteiger partial charge in [-0.1, -0.05) is 10.6 Å². The van der Waals surface area contributed by atoms with Crippen LogP contribution in [0.3, 0.4) is 0 Å². The van der Waals surface area contributed by atoms with E-state index in [-0.39, 0.29) is 0 Å². The molecule has 1 unspecified atom stereocenters. The zero-order chi connectivity index (χ0) is 5.70. The van der Waals surface area contributed by atoms with E-state index in [9.17, 15) is 4.57 Å². The molecule has 0 N–H and O–H groups in total. The lowest BCUT2D eigenvalue weighted by molar-refractivity contribution is 0.596. The van der Waals surface area contributed by atoms with E-state index in [1.54, 1.807) is 6.08 Å². The van der Waals surface area contributed by atoms with Crippen LogP contribution in [0.2, 0.25) is 0 Å². The molecule has 0 fully saturated rings. The van der Waals surface area contributed by atoms with Crippen molar-refractivity contribution in [3.8, 4) is 0 Å². The summed E-state index contributed by atoms with van der Waals surface area (Å²) in [5, 5.41) is 0. The van der Waals surface area contributed by atoms with Crippen LogP contribution < -0.4 is 0 Å². The fraction of sp³-hybridized carbons (Fsp3) is 0.500. The van der Waals surface area contributed by atoms with Crippen molar-refractivity contribution in [1.82, 2.24) is 0 Å². The van der Waals surface area contributed by atoms with Crippen molar-refractivity contribution in [3.05, 3.63) is 12.7 Å². The second-order valence-electron chi connectivity index (χ2n) is 1.15. The fourth-order valence-corrected chi connectivity index (χ4v) is 0.952. The second-order valence-corrected chi connectivity index (χ2v) is 3.64. The van der Waals surface area contributed by atoms with Crippen molar-refractivity contribution in [2.75, 3.05) is 6.16 Å². The third kappa shape index (κ3) is 6.19. The molecule has 0 saturated carbocycles. The normalized spacial score (nSPS) is 10.7. The van der Waals surface area contributed by atoms with Gasteiger partial charge in [0.05, 0.1) is 0 Å². The highest BCUT2D eigenvalue weighted by Gasteiger charge is 2.02. The minimum atomic E-state index is -1.23. The van der Waals surface area contributed by atoms with Gasteiger partial charge in [0, 0.05) is 6.42 Å². The lowest BCUT2D eigenvalue weighted by Gasteiger charge is -1.70. The molecule has 3 heteroatoms. The Morgan fingerprint density at radius 1 is 1.86 bits per heavy atom. The summed E-state index contributed by atoms with van der Waals surface area (Å²) in [5.41, 5.74) is 0. The Balaban J connectivity index is 2.97. The molecule has 0 aromatic carbocycles. The maximum absolute atomic E-state index is 10.2. The molecule has 1 nitrogen and oxygen atoms in total. The number of hydrogen-bond donors (Lipinski definition) is 1. The molecule has 0 amide bonds. The van der Waals surface area contributed by atoms with Crippen LogP contribution in [0, 0.1) is 0 Å². The van der Waals surface area contributed by atoms with Crippen LogP contribution in [0.15, 0.2) is 12.7 Å². The van der Waals surface area contributed by atoms with E-state index in [1.165, 1.54) is 0 Å². The van der Waals surface area contributed by atoms with Gasteiger partial charge in [0.15, 0.2) is 6.16 Å². The molecule has 0 aliphatic rings. The number of rotatable bonds is 3. The molecule has 0 aliphatic carbocycles. The zero-order valence-electron chi connectivity index (χ0n) is 4.00. The van der Waals surface area contributed by atoms with E-state index in [0.717, 1.165) is 6.42 Å². The van der Waals surface area contributed by atoms with Gasteiger partial charge in [-0.2, -0.15) is 0 Å². The zero-order valence-corrected chi connectivity index (χ0v) is 5.79. The highest BCUT2D eigenvalue weighted by Crippen LogP contribution is 2.25. The SMILES string of the molecule is C=CCC[P+](=O)S. The van der Waals surface area contributed by atoms with Crippen LogP contribution in [-0.4, -0.2) is 6.16 Å². The molecule has 7 heavy (non-hydrogen) atoms. The molecule has 0 aliphatic heterocycles. The molecule has 0 saturated heterocycles. The predicted octanol–water partition coefficient (Wildman–Crippen LogP) is 2.23. The summed E-state index contributed by atoms with van der Waals surface area (Å²) < 4.78 is 10.2. The molecule has 0 heterocycles. The van der Waals surface area contributed by atoms with Gasteiger partial charge in [0.1, 0.15) is 12.2 Å². The topological polar surface area (TPSA) is 17.1 Å². The van der Waals surface area contributed by atoms with Gasteiger partial charge in [-0.05, 0) is 0 Å². The van der Waals surface area contributed by atoms with Gasteiger partial charge in [-0.25, -0.2) is 0 Å². The molecule has 0 bridgehead atoms. The third-order valence-electron chi connectivity index (χ3n) is 0.525. The van der Waals surface area contributed by atoms with E-state index in [4.69, 9.17) is 0 Å². The summed E-state index contributed by atoms with van der Waals surface area (Å²) >= 11 is 3.69. The molecule has 40 valence electrons. The Kier molecular flexibility index (Phi) is 4.47. The van der Waals surface area contributed by atoms with Crippen LogP contribution >= 0.6 is 19.3 Å². The van der Waals surface area contributed by atoms with Gasteiger partial charge in [0.2, 0.25) is 0 Å². The number of hydrogen-bond acceptors (Lipinski definition) is 1. The van der Waals surface area contributed by atoms with Crippen molar-refractivity contribution in [2.45, 2.75) is 6.42 Å². The molecular weight excluding hydrogens is 127 g/mol. The Morgan fingerprint density at radius 3 is 2.57 bits per heavy atom. The van der Waals surface area contributed by atoms with Crippen molar-refractivity contribution >= 4 is 19.3 Å². The van der Waals surface area contributed by atoms with Crippen LogP contribution in [-0.2, 0) is 4.57 Å². The first-order chi connectivity index (χ1) is 3.27. The summed E-state index contributed by atoms with van der Waals surface area (Å²) in [6.07, 6.45) is 3.20. The monoisotopic (exact) mass is 135 g/mol. The van der Waals surface area contributed by atoms with E-state index in [1.807, 2.05) is 0 Å². The first-order valence-electron chi connectivity index (χ1n) is 2.02. The standard InChI is InChI=1S/C4H7OPS/c1-2-3-4-6(5)7/h2H,1,3-4H2/p+1. The Labute approximate surface area is 49.8 Å². The molecule has 0 rings (SSSR count). The minimum Gasteiger partial charge on any atom is -0.103 e. The van der Waals surface area contributed by atoms with Crippen molar-refractivity contribution in [2.24, 2.45) is 0 Å². The van der Waals surface area contributed by atoms with Crippen molar-refractivity contribution in [3.63, 3.8) is 0 Å². The van der Waals surface area contributed by atoms with Crippen molar-refractivity contribution < 1.29 is 4.57 Å². The van der Waals surface area contributed by atoms with Gasteiger partial charge in [-0.15, -0.1) is 6.58 Å². The van der Waals surface area contributed by atoms with E-state index in [0.29, 0.717) is 6.16 Å². The van der Waals surface area contributed by atoms with Gasteiger partial charge < -0.3 is 0 Å². The van der Waals surface area contributed by atoms with Gasteiger partial charge in [0.25, 0.3) is 0 Å². The summed E-state index contributed by atoms with van der Waals surface area (Å²) in [6, 6.07) is 0. The van der Waals surface area contributed by atoms with E-state index in [2.05, 4.69) is 18.8 Å². The lowest BCUT2D eigenvalue weighted by atomic mass is 10.5. The first kappa shape index (κ1) is 7.19. The molecule has 1 atom stereocenters. The Bertz CT molecular complexity index is 81.8. The molecular formula is C4H8OPS+. The quantitative estimate of drug-likeness (QED) is 0.356.